The van der Waals surface area contributed by atoms with Crippen LogP contribution < -0.4 is 0 Å². The highest BCUT2D eigenvalue weighted by Crippen LogP contribution is 2.18. The molecular formula is C16H25NOS. The summed E-state index contributed by atoms with van der Waals surface area (Å²) < 4.78 is 0. The van der Waals surface area contributed by atoms with Crippen LogP contribution in [0.4, 0.5) is 0 Å². The third-order valence-corrected chi connectivity index (χ3v) is 4.21. The van der Waals surface area contributed by atoms with Crippen LogP contribution in [-0.4, -0.2) is 29.0 Å². The average molecular weight is 279 g/mol. The maximum Gasteiger partial charge on any atom is 0.254 e. The summed E-state index contributed by atoms with van der Waals surface area (Å²) in [5.74, 6) is 2.07. The molecule has 19 heavy (non-hydrogen) atoms. The first-order valence-electron chi connectivity index (χ1n) is 6.95. The monoisotopic (exact) mass is 279 g/mol. The third-order valence-electron chi connectivity index (χ3n) is 3.24. The van der Waals surface area contributed by atoms with E-state index in [0.29, 0.717) is 0 Å². The Morgan fingerprint density at radius 2 is 2.00 bits per heavy atom. The zero-order valence-corrected chi connectivity index (χ0v) is 13.3. The van der Waals surface area contributed by atoms with Gasteiger partial charge in [0.1, 0.15) is 0 Å². The number of rotatable bonds is 5. The Balaban J connectivity index is 2.83. The van der Waals surface area contributed by atoms with Gasteiger partial charge in [0.2, 0.25) is 0 Å². The molecule has 0 atom stereocenters. The zero-order chi connectivity index (χ0) is 14.3. The minimum absolute atomic E-state index is 0.177. The molecule has 1 amide bonds. The van der Waals surface area contributed by atoms with Crippen LogP contribution >= 0.6 is 11.8 Å². The lowest BCUT2D eigenvalue weighted by Crippen LogP contribution is -2.28. The lowest BCUT2D eigenvalue weighted by molar-refractivity contribution is -0.125. The molecule has 1 rings (SSSR count). The van der Waals surface area contributed by atoms with Crippen molar-refractivity contribution < 1.29 is 4.79 Å². The van der Waals surface area contributed by atoms with E-state index in [9.17, 15) is 4.79 Å². The molecule has 0 aromatic heterocycles. The van der Waals surface area contributed by atoms with E-state index in [1.807, 2.05) is 22.7 Å². The Morgan fingerprint density at radius 1 is 1.26 bits per heavy atom. The van der Waals surface area contributed by atoms with Crippen molar-refractivity contribution in [2.45, 2.75) is 40.5 Å². The Hall–Kier alpha value is -0.960. The molecule has 0 radical (unpaired) electrons. The number of hydrogen-bond donors (Lipinski definition) is 0. The lowest BCUT2D eigenvalue weighted by Gasteiger charge is -2.15. The first kappa shape index (κ1) is 16.1. The van der Waals surface area contributed by atoms with Gasteiger partial charge in [-0.05, 0) is 33.3 Å². The van der Waals surface area contributed by atoms with Crippen molar-refractivity contribution in [3.63, 3.8) is 0 Å². The summed E-state index contributed by atoms with van der Waals surface area (Å²) >= 11 is 1.83. The highest BCUT2D eigenvalue weighted by atomic mass is 32.2. The van der Waals surface area contributed by atoms with Gasteiger partial charge < -0.3 is 4.90 Å². The minimum atomic E-state index is 0.177. The second-order valence-electron chi connectivity index (χ2n) is 5.07. The summed E-state index contributed by atoms with van der Waals surface area (Å²) in [6.45, 7) is 9.28. The molecule has 0 aromatic rings. The number of nitrogens with zero attached hydrogens (tertiary/aromatic N) is 1. The summed E-state index contributed by atoms with van der Waals surface area (Å²) in [6.07, 6.45) is 8.13. The van der Waals surface area contributed by atoms with Crippen molar-refractivity contribution in [2.24, 2.45) is 0 Å². The van der Waals surface area contributed by atoms with Gasteiger partial charge in [-0.25, -0.2) is 0 Å². The molecule has 1 fully saturated rings. The van der Waals surface area contributed by atoms with E-state index < -0.39 is 0 Å². The van der Waals surface area contributed by atoms with Crippen molar-refractivity contribution in [3.05, 3.63) is 34.9 Å². The molecule has 0 N–H and O–H groups in total. The largest absolute Gasteiger partial charge is 0.329 e. The number of amides is 1. The van der Waals surface area contributed by atoms with Crippen LogP contribution in [0.25, 0.3) is 0 Å². The van der Waals surface area contributed by atoms with Crippen LogP contribution in [0, 0.1) is 0 Å². The van der Waals surface area contributed by atoms with E-state index in [-0.39, 0.29) is 5.91 Å². The molecule has 0 spiro atoms. The maximum atomic E-state index is 12.4. The fourth-order valence-electron chi connectivity index (χ4n) is 1.66. The quantitative estimate of drug-likeness (QED) is 0.556. The van der Waals surface area contributed by atoms with Crippen LogP contribution in [0.3, 0.4) is 0 Å². The predicted molar refractivity (Wildman–Crippen MR) is 85.2 cm³/mol. The van der Waals surface area contributed by atoms with Crippen molar-refractivity contribution in [2.75, 3.05) is 18.2 Å². The number of hydrogen-bond acceptors (Lipinski definition) is 2. The van der Waals surface area contributed by atoms with E-state index >= 15 is 0 Å². The number of carbonyl (C=O) groups excluding carboxylic acids is 1. The molecule has 106 valence electrons. The lowest BCUT2D eigenvalue weighted by atomic mass is 10.1. The van der Waals surface area contributed by atoms with Crippen molar-refractivity contribution in [1.82, 2.24) is 4.90 Å². The van der Waals surface area contributed by atoms with Gasteiger partial charge in [-0.3, -0.25) is 4.79 Å². The summed E-state index contributed by atoms with van der Waals surface area (Å²) in [5.41, 5.74) is 3.35. The molecule has 2 nitrogen and oxygen atoms in total. The summed E-state index contributed by atoms with van der Waals surface area (Å²) in [7, 11) is 0. The smallest absolute Gasteiger partial charge is 0.254 e. The summed E-state index contributed by atoms with van der Waals surface area (Å²) in [5, 5.41) is 0. The molecule has 0 bridgehead atoms. The number of thioether (sulfide) groups is 1. The minimum Gasteiger partial charge on any atom is -0.329 e. The maximum absolute atomic E-state index is 12.4. The SMILES string of the molecule is CCC/C=C(/C=C\C(C)=C(C)C)C(=O)N1CCSC1. The highest BCUT2D eigenvalue weighted by Gasteiger charge is 2.20. The van der Waals surface area contributed by atoms with Gasteiger partial charge in [0, 0.05) is 17.9 Å². The molecule has 1 heterocycles. The summed E-state index contributed by atoms with van der Waals surface area (Å²) in [4.78, 5) is 14.3. The van der Waals surface area contributed by atoms with Gasteiger partial charge in [0.05, 0.1) is 5.88 Å². The Morgan fingerprint density at radius 3 is 2.53 bits per heavy atom. The van der Waals surface area contributed by atoms with E-state index in [1.54, 1.807) is 0 Å². The molecule has 1 aliphatic rings. The fourth-order valence-corrected chi connectivity index (χ4v) is 2.61. The molecule has 0 aliphatic carbocycles. The standard InChI is InChI=1S/C16H25NOS/c1-5-6-7-15(9-8-14(4)13(2)3)16(18)17-10-11-19-12-17/h7-9H,5-6,10-12H2,1-4H3/b9-8-,15-7-. The average Bonchev–Trinajstić information content (AvgIpc) is 2.91. The number of allylic oxidation sites excluding steroid dienone is 4. The second-order valence-corrected chi connectivity index (χ2v) is 6.15. The van der Waals surface area contributed by atoms with Crippen LogP contribution in [0.1, 0.15) is 40.5 Å². The van der Waals surface area contributed by atoms with E-state index in [2.05, 4.69) is 39.8 Å². The van der Waals surface area contributed by atoms with Gasteiger partial charge in [-0.15, -0.1) is 11.8 Å². The van der Waals surface area contributed by atoms with Gasteiger partial charge in [0.25, 0.3) is 5.91 Å². The van der Waals surface area contributed by atoms with Crippen molar-refractivity contribution in [3.8, 4) is 0 Å². The van der Waals surface area contributed by atoms with Crippen molar-refractivity contribution >= 4 is 17.7 Å². The second kappa shape index (κ2) is 8.26. The predicted octanol–water partition coefficient (Wildman–Crippen LogP) is 4.16. The normalized spacial score (nSPS) is 16.2. The van der Waals surface area contributed by atoms with Crippen LogP contribution in [-0.2, 0) is 4.79 Å². The number of carbonyl (C=O) groups is 1. The highest BCUT2D eigenvalue weighted by molar-refractivity contribution is 7.99. The molecular weight excluding hydrogens is 254 g/mol. The van der Waals surface area contributed by atoms with Crippen LogP contribution in [0.5, 0.6) is 0 Å². The Kier molecular flexibility index (Phi) is 7.00. The topological polar surface area (TPSA) is 20.3 Å². The number of unbranched alkanes of at least 4 members (excludes halogenated alkanes) is 1. The molecule has 0 unspecified atom stereocenters. The summed E-state index contributed by atoms with van der Waals surface area (Å²) in [6, 6.07) is 0. The Bertz CT molecular complexity index is 397. The molecule has 1 aliphatic heterocycles. The fraction of sp³-hybridized carbons (Fsp3) is 0.562. The zero-order valence-electron chi connectivity index (χ0n) is 12.5. The molecule has 3 heteroatoms. The first-order chi connectivity index (χ1) is 9.06. The van der Waals surface area contributed by atoms with Crippen LogP contribution in [0.15, 0.2) is 34.9 Å². The van der Waals surface area contributed by atoms with Gasteiger partial charge in [-0.2, -0.15) is 0 Å². The van der Waals surface area contributed by atoms with Crippen molar-refractivity contribution in [1.29, 1.82) is 0 Å². The first-order valence-corrected chi connectivity index (χ1v) is 8.11. The molecule has 0 saturated carbocycles. The van der Waals surface area contributed by atoms with E-state index in [0.717, 1.165) is 36.6 Å². The van der Waals surface area contributed by atoms with E-state index in [1.165, 1.54) is 11.1 Å². The van der Waals surface area contributed by atoms with E-state index in [4.69, 9.17) is 0 Å². The van der Waals surface area contributed by atoms with Crippen LogP contribution in [0.2, 0.25) is 0 Å². The Labute approximate surface area is 121 Å². The molecule has 1 saturated heterocycles. The van der Waals surface area contributed by atoms with Gasteiger partial charge in [-0.1, -0.05) is 36.6 Å². The van der Waals surface area contributed by atoms with Gasteiger partial charge >= 0.3 is 0 Å². The third kappa shape index (κ3) is 5.27. The van der Waals surface area contributed by atoms with Gasteiger partial charge in [0.15, 0.2) is 0 Å². The molecule has 0 aromatic carbocycles.